The maximum atomic E-state index is 11.3. The summed E-state index contributed by atoms with van der Waals surface area (Å²) in [5.41, 5.74) is 0. The molecule has 0 spiro atoms. The Hall–Kier alpha value is 1.02. The van der Waals surface area contributed by atoms with Crippen LogP contribution in [0.3, 0.4) is 0 Å². The van der Waals surface area contributed by atoms with E-state index >= 15 is 0 Å². The number of thiol groups is 2. The molecule has 1 nitrogen and oxygen atoms in total. The van der Waals surface area contributed by atoms with Gasteiger partial charge in [-0.1, -0.05) is 113 Å². The van der Waals surface area contributed by atoms with Crippen LogP contribution in [0, 0.1) is 0 Å². The van der Waals surface area contributed by atoms with Crippen LogP contribution in [0.1, 0.15) is 96.8 Å². The highest BCUT2D eigenvalue weighted by Gasteiger charge is 2.08. The second kappa shape index (κ2) is 17.8. The molecule has 0 bridgehead atoms. The van der Waals surface area contributed by atoms with Crippen LogP contribution in [-0.2, 0) is 4.57 Å². The minimum absolute atomic E-state index is 0.922. The van der Waals surface area contributed by atoms with Gasteiger partial charge in [-0.25, -0.2) is 0 Å². The van der Waals surface area contributed by atoms with Gasteiger partial charge in [-0.3, -0.25) is 4.57 Å². The highest BCUT2D eigenvalue weighted by atomic mass is 33.4. The van der Waals surface area contributed by atoms with E-state index < -0.39 is 4.75 Å². The molecule has 0 aromatic heterocycles. The lowest BCUT2D eigenvalue weighted by atomic mass is 10.1. The molecule has 0 unspecified atom stereocenters. The Bertz CT molecular complexity index is 315. The summed E-state index contributed by atoms with van der Waals surface area (Å²) in [6.07, 6.45) is 23.3. The van der Waals surface area contributed by atoms with Crippen molar-refractivity contribution in [3.8, 4) is 0 Å². The fourth-order valence-electron chi connectivity index (χ4n) is 2.53. The summed E-state index contributed by atoms with van der Waals surface area (Å²) >= 11 is 9.32. The Labute approximate surface area is 159 Å². The molecule has 0 N–H and O–H groups in total. The van der Waals surface area contributed by atoms with Crippen LogP contribution < -0.4 is 0 Å². The van der Waals surface area contributed by atoms with Crippen LogP contribution in [0.25, 0.3) is 0 Å². The molecule has 0 aliphatic rings. The molecule has 0 aromatic carbocycles. The molecule has 0 aliphatic heterocycles. The molecule has 5 heteroatoms. The standard InChI is InChI=1S/C18H37OPS3/c1-2-3-4-5-6-7-8-9-10-11-12-13-14-15-16-17-18-23-20(19,21)22/h9-10H,2-8,11-18H2,1H3,(H2,19,21,22)/b10-9-. The quantitative estimate of drug-likeness (QED) is 0.111. The molecule has 0 saturated heterocycles. The summed E-state index contributed by atoms with van der Waals surface area (Å²) in [5.74, 6) is 0.922. The van der Waals surface area contributed by atoms with Gasteiger partial charge in [-0.15, -0.1) is 0 Å². The second-order valence-electron chi connectivity index (χ2n) is 6.26. The number of unbranched alkanes of at least 4 members (excludes halogenated alkanes) is 12. The van der Waals surface area contributed by atoms with Gasteiger partial charge in [-0.2, -0.15) is 0 Å². The van der Waals surface area contributed by atoms with Crippen LogP contribution in [0.5, 0.6) is 0 Å². The van der Waals surface area contributed by atoms with Crippen molar-refractivity contribution in [2.45, 2.75) is 96.8 Å². The third-order valence-electron chi connectivity index (χ3n) is 3.92. The van der Waals surface area contributed by atoms with Gasteiger partial charge in [0.2, 0.25) is 4.75 Å². The van der Waals surface area contributed by atoms with Crippen molar-refractivity contribution in [1.29, 1.82) is 0 Å². The minimum Gasteiger partial charge on any atom is -0.289 e. The van der Waals surface area contributed by atoms with Gasteiger partial charge >= 0.3 is 0 Å². The largest absolute Gasteiger partial charge is 0.289 e. The molecule has 138 valence electrons. The Morgan fingerprint density at radius 2 is 1.17 bits per heavy atom. The summed E-state index contributed by atoms with van der Waals surface area (Å²) in [5, 5.41) is 0. The maximum Gasteiger partial charge on any atom is 0.238 e. The zero-order valence-electron chi connectivity index (χ0n) is 14.9. The molecule has 0 fully saturated rings. The zero-order valence-corrected chi connectivity index (χ0v) is 18.4. The first-order valence-electron chi connectivity index (χ1n) is 9.41. The van der Waals surface area contributed by atoms with Gasteiger partial charge in [-0.05, 0) is 32.1 Å². The predicted molar refractivity (Wildman–Crippen MR) is 117 cm³/mol. The highest BCUT2D eigenvalue weighted by Crippen LogP contribution is 2.66. The van der Waals surface area contributed by atoms with E-state index in [2.05, 4.69) is 43.6 Å². The molecule has 0 radical (unpaired) electrons. The highest BCUT2D eigenvalue weighted by molar-refractivity contribution is 9.08. The van der Waals surface area contributed by atoms with Gasteiger partial charge < -0.3 is 0 Å². The lowest BCUT2D eigenvalue weighted by Crippen LogP contribution is -1.82. The van der Waals surface area contributed by atoms with Crippen molar-refractivity contribution in [3.63, 3.8) is 0 Å². The Morgan fingerprint density at radius 3 is 1.65 bits per heavy atom. The first-order valence-corrected chi connectivity index (χ1v) is 15.0. The number of hydrogen-bond acceptors (Lipinski definition) is 2. The monoisotopic (exact) mass is 396 g/mol. The summed E-state index contributed by atoms with van der Waals surface area (Å²) in [6.45, 7) is 2.27. The van der Waals surface area contributed by atoms with Crippen molar-refractivity contribution < 1.29 is 4.57 Å². The van der Waals surface area contributed by atoms with E-state index in [0.29, 0.717) is 0 Å². The van der Waals surface area contributed by atoms with Gasteiger partial charge in [0.25, 0.3) is 0 Å². The molecule has 0 aliphatic carbocycles. The van der Waals surface area contributed by atoms with E-state index in [-0.39, 0.29) is 0 Å². The topological polar surface area (TPSA) is 17.1 Å². The second-order valence-corrected chi connectivity index (χ2v) is 16.2. The van der Waals surface area contributed by atoms with Gasteiger partial charge in [0.05, 0.1) is 0 Å². The fourth-order valence-corrected chi connectivity index (χ4v) is 5.67. The first-order chi connectivity index (χ1) is 11.1. The van der Waals surface area contributed by atoms with Crippen molar-refractivity contribution in [2.24, 2.45) is 0 Å². The predicted octanol–water partition coefficient (Wildman–Crippen LogP) is 8.72. The molecule has 0 saturated carbocycles. The van der Waals surface area contributed by atoms with Crippen molar-refractivity contribution >= 4 is 40.6 Å². The lowest BCUT2D eigenvalue weighted by Gasteiger charge is -2.03. The van der Waals surface area contributed by atoms with Crippen LogP contribution in [0.4, 0.5) is 0 Å². The molecule has 0 aromatic rings. The Kier molecular flexibility index (Phi) is 18.6. The lowest BCUT2D eigenvalue weighted by molar-refractivity contribution is 0.601. The number of allylic oxidation sites excluding steroid dienone is 2. The van der Waals surface area contributed by atoms with E-state index in [1.165, 1.54) is 94.9 Å². The van der Waals surface area contributed by atoms with Crippen LogP contribution in [0.15, 0.2) is 12.2 Å². The minimum atomic E-state index is -2.46. The molecular formula is C18H37OPS3. The third kappa shape index (κ3) is 23.0. The van der Waals surface area contributed by atoms with Crippen LogP contribution in [0.2, 0.25) is 0 Å². The fraction of sp³-hybridized carbons (Fsp3) is 0.889. The van der Waals surface area contributed by atoms with Crippen molar-refractivity contribution in [1.82, 2.24) is 0 Å². The van der Waals surface area contributed by atoms with Gasteiger partial charge in [0.15, 0.2) is 0 Å². The van der Waals surface area contributed by atoms with E-state index in [0.717, 1.165) is 12.2 Å². The van der Waals surface area contributed by atoms with E-state index in [4.69, 9.17) is 0 Å². The van der Waals surface area contributed by atoms with E-state index in [1.807, 2.05) is 0 Å². The first kappa shape index (κ1) is 24.0. The van der Waals surface area contributed by atoms with Crippen LogP contribution >= 0.6 is 40.6 Å². The Morgan fingerprint density at radius 1 is 0.739 bits per heavy atom. The summed E-state index contributed by atoms with van der Waals surface area (Å²) in [7, 11) is 0. The van der Waals surface area contributed by atoms with Crippen LogP contribution in [-0.4, -0.2) is 5.75 Å². The number of hydrogen-bond donors (Lipinski definition) is 2. The van der Waals surface area contributed by atoms with Crippen molar-refractivity contribution in [3.05, 3.63) is 12.2 Å². The normalized spacial score (nSPS) is 12.3. The molecule has 0 atom stereocenters. The smallest absolute Gasteiger partial charge is 0.238 e. The van der Waals surface area contributed by atoms with E-state index in [9.17, 15) is 4.57 Å². The molecule has 0 rings (SSSR count). The van der Waals surface area contributed by atoms with Gasteiger partial charge in [0.1, 0.15) is 0 Å². The third-order valence-corrected chi connectivity index (χ3v) is 8.36. The zero-order chi connectivity index (χ0) is 17.2. The van der Waals surface area contributed by atoms with E-state index in [1.54, 1.807) is 0 Å². The summed E-state index contributed by atoms with van der Waals surface area (Å²) < 4.78 is 8.80. The molecule has 0 amide bonds. The molecule has 0 heterocycles. The van der Waals surface area contributed by atoms with Gasteiger partial charge in [0, 0.05) is 5.75 Å². The maximum absolute atomic E-state index is 11.3. The number of rotatable bonds is 17. The summed E-state index contributed by atoms with van der Waals surface area (Å²) in [6, 6.07) is 0. The Balaban J connectivity index is 3.12. The molecular weight excluding hydrogens is 359 g/mol. The summed E-state index contributed by atoms with van der Waals surface area (Å²) in [4.78, 5) is 0. The average Bonchev–Trinajstić information content (AvgIpc) is 2.49. The van der Waals surface area contributed by atoms with Crippen molar-refractivity contribution in [2.75, 3.05) is 5.75 Å². The SMILES string of the molecule is CCCCCCCC/C=C\CCCCCCCCSP(=O)(S)S. The molecule has 23 heavy (non-hydrogen) atoms. The average molecular weight is 397 g/mol.